The van der Waals surface area contributed by atoms with E-state index in [1.54, 1.807) is 18.3 Å². The number of carbonyl (C=O) groups is 1. The number of nitrogens with zero attached hydrogens (tertiary/aromatic N) is 1. The van der Waals surface area contributed by atoms with Gasteiger partial charge in [0, 0.05) is 17.1 Å². The summed E-state index contributed by atoms with van der Waals surface area (Å²) in [4.78, 5) is 16.1. The quantitative estimate of drug-likeness (QED) is 0.837. The summed E-state index contributed by atoms with van der Waals surface area (Å²) in [6.07, 6.45) is 5.45. The van der Waals surface area contributed by atoms with E-state index >= 15 is 0 Å². The normalized spacial score (nSPS) is 10.6. The molecule has 1 heterocycles. The first kappa shape index (κ1) is 14.0. The van der Waals surface area contributed by atoms with Crippen LogP contribution in [0.4, 0.5) is 5.82 Å². The molecule has 0 atom stereocenters. The Kier molecular flexibility index (Phi) is 5.98. The highest BCUT2D eigenvalue weighted by Gasteiger charge is 2.16. The molecule has 0 radical (unpaired) electrons. The number of rotatable bonds is 6. The lowest BCUT2D eigenvalue weighted by atomic mass is 9.97. The maximum absolute atomic E-state index is 12.0. The van der Waals surface area contributed by atoms with Crippen molar-refractivity contribution in [2.75, 3.05) is 5.32 Å². The van der Waals surface area contributed by atoms with E-state index in [0.717, 1.165) is 25.7 Å². The number of hydrogen-bond donors (Lipinski definition) is 1. The van der Waals surface area contributed by atoms with Crippen molar-refractivity contribution in [2.45, 2.75) is 39.5 Å². The fraction of sp³-hybridized carbons (Fsp3) is 0.538. The first-order valence-corrected chi connectivity index (χ1v) is 6.47. The van der Waals surface area contributed by atoms with Crippen LogP contribution in [-0.2, 0) is 4.79 Å². The molecule has 0 saturated carbocycles. The Morgan fingerprint density at radius 1 is 1.41 bits per heavy atom. The topological polar surface area (TPSA) is 42.0 Å². The molecule has 0 aliphatic heterocycles. The Balaban J connectivity index is 2.62. The molecule has 1 amide bonds. The maximum atomic E-state index is 12.0. The third kappa shape index (κ3) is 4.73. The van der Waals surface area contributed by atoms with Gasteiger partial charge in [0.25, 0.3) is 0 Å². The minimum Gasteiger partial charge on any atom is -0.310 e. The summed E-state index contributed by atoms with van der Waals surface area (Å²) in [6, 6.07) is 3.35. The molecule has 0 aromatic carbocycles. The van der Waals surface area contributed by atoms with Crippen LogP contribution in [0.3, 0.4) is 0 Å². The van der Waals surface area contributed by atoms with E-state index in [4.69, 9.17) is 11.6 Å². The van der Waals surface area contributed by atoms with Crippen molar-refractivity contribution in [1.82, 2.24) is 4.98 Å². The zero-order valence-electron chi connectivity index (χ0n) is 10.4. The number of nitrogens with one attached hydrogen (secondary N) is 1. The Labute approximate surface area is 108 Å². The highest BCUT2D eigenvalue weighted by molar-refractivity contribution is 6.30. The number of anilines is 1. The van der Waals surface area contributed by atoms with Crippen LogP contribution in [0, 0.1) is 5.92 Å². The molecule has 1 rings (SSSR count). The average Bonchev–Trinajstić information content (AvgIpc) is 2.28. The van der Waals surface area contributed by atoms with Gasteiger partial charge in [0.15, 0.2) is 0 Å². The standard InChI is InChI=1S/C13H19ClN2O/c1-3-5-10(6-4-2)13(17)16-12-9-11(14)7-8-15-12/h7-10H,3-6H2,1-2H3,(H,15,16,17). The Hall–Kier alpha value is -1.09. The second kappa shape index (κ2) is 7.28. The molecule has 4 heteroatoms. The lowest BCUT2D eigenvalue weighted by Gasteiger charge is -2.14. The second-order valence-electron chi connectivity index (χ2n) is 4.12. The van der Waals surface area contributed by atoms with E-state index in [9.17, 15) is 4.79 Å². The summed E-state index contributed by atoms with van der Waals surface area (Å²) in [7, 11) is 0. The van der Waals surface area contributed by atoms with Gasteiger partial charge in [-0.3, -0.25) is 4.79 Å². The molecule has 0 fully saturated rings. The SMILES string of the molecule is CCCC(CCC)C(=O)Nc1cc(Cl)ccn1. The lowest BCUT2D eigenvalue weighted by Crippen LogP contribution is -2.23. The zero-order chi connectivity index (χ0) is 12.7. The fourth-order valence-corrected chi connectivity index (χ4v) is 1.96. The van der Waals surface area contributed by atoms with E-state index in [1.165, 1.54) is 0 Å². The summed E-state index contributed by atoms with van der Waals surface area (Å²) in [6.45, 7) is 4.18. The molecular formula is C13H19ClN2O. The van der Waals surface area contributed by atoms with Gasteiger partial charge in [-0.15, -0.1) is 0 Å². The van der Waals surface area contributed by atoms with E-state index < -0.39 is 0 Å². The van der Waals surface area contributed by atoms with Crippen LogP contribution in [0.5, 0.6) is 0 Å². The zero-order valence-corrected chi connectivity index (χ0v) is 11.1. The van der Waals surface area contributed by atoms with Gasteiger partial charge in [-0.1, -0.05) is 38.3 Å². The average molecular weight is 255 g/mol. The maximum Gasteiger partial charge on any atom is 0.228 e. The number of pyridine rings is 1. The monoisotopic (exact) mass is 254 g/mol. The molecule has 0 saturated heterocycles. The van der Waals surface area contributed by atoms with Gasteiger partial charge in [0.1, 0.15) is 5.82 Å². The van der Waals surface area contributed by atoms with Crippen LogP contribution in [0.15, 0.2) is 18.3 Å². The van der Waals surface area contributed by atoms with Crippen molar-refractivity contribution >= 4 is 23.3 Å². The van der Waals surface area contributed by atoms with E-state index in [1.807, 2.05) is 0 Å². The first-order valence-electron chi connectivity index (χ1n) is 6.09. The summed E-state index contributed by atoms with van der Waals surface area (Å²) in [5.74, 6) is 0.647. The molecule has 3 nitrogen and oxygen atoms in total. The van der Waals surface area contributed by atoms with Crippen molar-refractivity contribution in [3.63, 3.8) is 0 Å². The van der Waals surface area contributed by atoms with Crippen LogP contribution >= 0.6 is 11.6 Å². The summed E-state index contributed by atoms with van der Waals surface area (Å²) >= 11 is 5.84. The molecule has 0 spiro atoms. The number of halogens is 1. The predicted octanol–water partition coefficient (Wildman–Crippen LogP) is 3.89. The van der Waals surface area contributed by atoms with Crippen molar-refractivity contribution in [1.29, 1.82) is 0 Å². The Morgan fingerprint density at radius 3 is 2.59 bits per heavy atom. The Bertz CT molecular complexity index is 362. The molecule has 1 N–H and O–H groups in total. The fourth-order valence-electron chi connectivity index (χ4n) is 1.80. The Morgan fingerprint density at radius 2 is 2.06 bits per heavy atom. The van der Waals surface area contributed by atoms with Crippen LogP contribution in [0.2, 0.25) is 5.02 Å². The van der Waals surface area contributed by atoms with Gasteiger partial charge in [0.2, 0.25) is 5.91 Å². The van der Waals surface area contributed by atoms with Gasteiger partial charge in [-0.2, -0.15) is 0 Å². The molecule has 0 unspecified atom stereocenters. The largest absolute Gasteiger partial charge is 0.310 e. The van der Waals surface area contributed by atoms with Gasteiger partial charge in [0.05, 0.1) is 0 Å². The van der Waals surface area contributed by atoms with Crippen LogP contribution in [-0.4, -0.2) is 10.9 Å². The molecule has 94 valence electrons. The summed E-state index contributed by atoms with van der Waals surface area (Å²) in [5.41, 5.74) is 0. The molecule has 0 bridgehead atoms. The molecule has 1 aromatic rings. The lowest BCUT2D eigenvalue weighted by molar-refractivity contribution is -0.120. The molecule has 0 aliphatic rings. The molecule has 0 aliphatic carbocycles. The number of amides is 1. The number of aromatic nitrogens is 1. The molecule has 1 aromatic heterocycles. The van der Waals surface area contributed by atoms with E-state index in [2.05, 4.69) is 24.1 Å². The minimum atomic E-state index is 0.0449. The summed E-state index contributed by atoms with van der Waals surface area (Å²) < 4.78 is 0. The van der Waals surface area contributed by atoms with Crippen LogP contribution in [0.1, 0.15) is 39.5 Å². The summed E-state index contributed by atoms with van der Waals surface area (Å²) in [5, 5.41) is 3.40. The van der Waals surface area contributed by atoms with E-state index in [0.29, 0.717) is 10.8 Å². The third-order valence-corrected chi connectivity index (χ3v) is 2.85. The number of carbonyl (C=O) groups excluding carboxylic acids is 1. The van der Waals surface area contributed by atoms with Gasteiger partial charge in [-0.25, -0.2) is 4.98 Å². The van der Waals surface area contributed by atoms with Crippen molar-refractivity contribution in [2.24, 2.45) is 5.92 Å². The van der Waals surface area contributed by atoms with Crippen LogP contribution in [0.25, 0.3) is 0 Å². The molecule has 17 heavy (non-hydrogen) atoms. The van der Waals surface area contributed by atoms with Crippen molar-refractivity contribution in [3.8, 4) is 0 Å². The number of hydrogen-bond acceptors (Lipinski definition) is 2. The van der Waals surface area contributed by atoms with Gasteiger partial charge < -0.3 is 5.32 Å². The minimum absolute atomic E-state index is 0.0449. The highest BCUT2D eigenvalue weighted by atomic mass is 35.5. The molecular weight excluding hydrogens is 236 g/mol. The van der Waals surface area contributed by atoms with Gasteiger partial charge >= 0.3 is 0 Å². The smallest absolute Gasteiger partial charge is 0.228 e. The second-order valence-corrected chi connectivity index (χ2v) is 4.56. The van der Waals surface area contributed by atoms with Crippen LogP contribution < -0.4 is 5.32 Å². The van der Waals surface area contributed by atoms with Gasteiger partial charge in [-0.05, 0) is 25.0 Å². The van der Waals surface area contributed by atoms with E-state index in [-0.39, 0.29) is 11.8 Å². The predicted molar refractivity (Wildman–Crippen MR) is 71.2 cm³/mol. The van der Waals surface area contributed by atoms with Crippen molar-refractivity contribution < 1.29 is 4.79 Å². The third-order valence-electron chi connectivity index (χ3n) is 2.62. The van der Waals surface area contributed by atoms with Crippen molar-refractivity contribution in [3.05, 3.63) is 23.4 Å². The highest BCUT2D eigenvalue weighted by Crippen LogP contribution is 2.17. The first-order chi connectivity index (χ1) is 8.17.